The molecule has 2 amide bonds. The number of aromatic nitrogens is 4. The maximum Gasteiger partial charge on any atom is 0.321 e. The number of urea groups is 1. The van der Waals surface area contributed by atoms with Crippen LogP contribution in [-0.4, -0.2) is 32.5 Å². The van der Waals surface area contributed by atoms with E-state index >= 15 is 0 Å². The first-order valence-corrected chi connectivity index (χ1v) is 8.65. The third-order valence-corrected chi connectivity index (χ3v) is 4.09. The summed E-state index contributed by atoms with van der Waals surface area (Å²) in [6.45, 7) is 2.40. The highest BCUT2D eigenvalue weighted by Crippen LogP contribution is 2.32. The number of nitrogens with one attached hydrogen (secondary N) is 3. The molecule has 0 bridgehead atoms. The van der Waals surface area contributed by atoms with Crippen molar-refractivity contribution in [1.29, 1.82) is 0 Å². The fraction of sp³-hybridized carbons (Fsp3) is 0.100. The van der Waals surface area contributed by atoms with Crippen LogP contribution in [0.3, 0.4) is 0 Å². The van der Waals surface area contributed by atoms with Crippen molar-refractivity contribution < 1.29 is 4.79 Å². The normalized spacial score (nSPS) is 10.7. The Kier molecular flexibility index (Phi) is 4.49. The minimum atomic E-state index is -0.302. The standard InChI is InChI=1S/C20H18N6O/c1-2-22-20(27)26-19-24-17-11-14(13-6-5-8-21-12-13)10-15(18(17)25-19)16-7-3-4-9-23-16/h3-12H,2H2,1H3,(H3,22,24,25,26,27). The Morgan fingerprint density at radius 3 is 2.78 bits per heavy atom. The van der Waals surface area contributed by atoms with E-state index in [-0.39, 0.29) is 6.03 Å². The number of H-pyrrole nitrogens is 1. The van der Waals surface area contributed by atoms with Crippen molar-refractivity contribution in [3.8, 4) is 22.4 Å². The van der Waals surface area contributed by atoms with Crippen LogP contribution in [0.1, 0.15) is 6.92 Å². The van der Waals surface area contributed by atoms with Gasteiger partial charge in [0.25, 0.3) is 0 Å². The SMILES string of the molecule is CCNC(=O)Nc1nc2c(-c3ccccn3)cc(-c3cccnc3)cc2[nH]1. The molecule has 0 saturated heterocycles. The van der Waals surface area contributed by atoms with Crippen molar-refractivity contribution in [2.45, 2.75) is 6.92 Å². The maximum absolute atomic E-state index is 11.8. The number of carbonyl (C=O) groups is 1. The summed E-state index contributed by atoms with van der Waals surface area (Å²) in [6.07, 6.45) is 5.30. The Hall–Kier alpha value is -3.74. The zero-order valence-electron chi connectivity index (χ0n) is 14.7. The van der Waals surface area contributed by atoms with Gasteiger partial charge in [-0.2, -0.15) is 0 Å². The second kappa shape index (κ2) is 7.25. The summed E-state index contributed by atoms with van der Waals surface area (Å²) in [7, 11) is 0. The molecule has 0 atom stereocenters. The van der Waals surface area contributed by atoms with Gasteiger partial charge >= 0.3 is 6.03 Å². The molecule has 134 valence electrons. The predicted molar refractivity (Wildman–Crippen MR) is 105 cm³/mol. The van der Waals surface area contributed by atoms with Gasteiger partial charge in [-0.05, 0) is 42.8 Å². The molecule has 0 unspecified atom stereocenters. The van der Waals surface area contributed by atoms with Crippen molar-refractivity contribution in [2.24, 2.45) is 0 Å². The number of aromatic amines is 1. The first-order valence-electron chi connectivity index (χ1n) is 8.65. The number of nitrogens with zero attached hydrogens (tertiary/aromatic N) is 3. The van der Waals surface area contributed by atoms with Gasteiger partial charge in [-0.15, -0.1) is 0 Å². The minimum Gasteiger partial charge on any atom is -0.338 e. The first-order chi connectivity index (χ1) is 13.2. The van der Waals surface area contributed by atoms with Crippen molar-refractivity contribution in [3.05, 3.63) is 61.1 Å². The van der Waals surface area contributed by atoms with Gasteiger partial charge in [0, 0.05) is 36.3 Å². The molecule has 0 aliphatic carbocycles. The molecule has 27 heavy (non-hydrogen) atoms. The Bertz CT molecular complexity index is 1080. The smallest absolute Gasteiger partial charge is 0.321 e. The molecule has 3 aromatic heterocycles. The number of anilines is 1. The van der Waals surface area contributed by atoms with Crippen LogP contribution in [0.4, 0.5) is 10.7 Å². The van der Waals surface area contributed by atoms with Gasteiger partial charge in [0.15, 0.2) is 0 Å². The third-order valence-electron chi connectivity index (χ3n) is 4.09. The Morgan fingerprint density at radius 1 is 1.11 bits per heavy atom. The lowest BCUT2D eigenvalue weighted by Crippen LogP contribution is -2.28. The van der Waals surface area contributed by atoms with Crippen LogP contribution in [0.25, 0.3) is 33.4 Å². The zero-order chi connectivity index (χ0) is 18.6. The molecular weight excluding hydrogens is 340 g/mol. The molecule has 0 aliphatic heterocycles. The first kappa shape index (κ1) is 16.7. The molecule has 1 aromatic carbocycles. The molecule has 0 spiro atoms. The van der Waals surface area contributed by atoms with Crippen LogP contribution in [0.5, 0.6) is 0 Å². The van der Waals surface area contributed by atoms with E-state index in [4.69, 9.17) is 0 Å². The molecule has 4 aromatic rings. The highest BCUT2D eigenvalue weighted by Gasteiger charge is 2.14. The van der Waals surface area contributed by atoms with E-state index in [2.05, 4.69) is 30.6 Å². The molecule has 0 aliphatic rings. The maximum atomic E-state index is 11.8. The summed E-state index contributed by atoms with van der Waals surface area (Å²) in [6, 6.07) is 13.4. The molecule has 0 fully saturated rings. The summed E-state index contributed by atoms with van der Waals surface area (Å²) in [5, 5.41) is 5.41. The lowest BCUT2D eigenvalue weighted by atomic mass is 10.0. The minimum absolute atomic E-state index is 0.302. The second-order valence-electron chi connectivity index (χ2n) is 5.95. The Morgan fingerprint density at radius 2 is 2.04 bits per heavy atom. The van der Waals surface area contributed by atoms with Gasteiger partial charge in [0.1, 0.15) is 0 Å². The summed E-state index contributed by atoms with van der Waals surface area (Å²) >= 11 is 0. The Balaban J connectivity index is 1.86. The van der Waals surface area contributed by atoms with Crippen LogP contribution in [0.2, 0.25) is 0 Å². The van der Waals surface area contributed by atoms with Crippen molar-refractivity contribution in [1.82, 2.24) is 25.3 Å². The van der Waals surface area contributed by atoms with Gasteiger partial charge in [0.2, 0.25) is 5.95 Å². The van der Waals surface area contributed by atoms with E-state index in [0.29, 0.717) is 12.5 Å². The highest BCUT2D eigenvalue weighted by atomic mass is 16.2. The predicted octanol–water partition coefficient (Wildman–Crippen LogP) is 3.83. The fourth-order valence-corrected chi connectivity index (χ4v) is 2.91. The van der Waals surface area contributed by atoms with E-state index in [1.165, 1.54) is 0 Å². The zero-order valence-corrected chi connectivity index (χ0v) is 14.7. The molecule has 3 N–H and O–H groups in total. The van der Waals surface area contributed by atoms with E-state index in [1.54, 1.807) is 12.4 Å². The van der Waals surface area contributed by atoms with Crippen LogP contribution in [-0.2, 0) is 0 Å². The summed E-state index contributed by atoms with van der Waals surface area (Å²) in [4.78, 5) is 28.2. The topological polar surface area (TPSA) is 95.6 Å². The summed E-state index contributed by atoms with van der Waals surface area (Å²) < 4.78 is 0. The summed E-state index contributed by atoms with van der Waals surface area (Å²) in [5.74, 6) is 0.386. The second-order valence-corrected chi connectivity index (χ2v) is 5.95. The number of pyridine rings is 2. The van der Waals surface area contributed by atoms with Gasteiger partial charge < -0.3 is 10.3 Å². The number of hydrogen-bond acceptors (Lipinski definition) is 4. The number of rotatable bonds is 4. The van der Waals surface area contributed by atoms with E-state index in [1.807, 2.05) is 55.6 Å². The monoisotopic (exact) mass is 358 g/mol. The van der Waals surface area contributed by atoms with Gasteiger partial charge in [-0.25, -0.2) is 9.78 Å². The van der Waals surface area contributed by atoms with Gasteiger partial charge in [-0.1, -0.05) is 12.1 Å². The number of fused-ring (bicyclic) bond motifs is 1. The molecule has 0 radical (unpaired) electrons. The molecule has 4 rings (SSSR count). The average Bonchev–Trinajstić information content (AvgIpc) is 3.11. The van der Waals surface area contributed by atoms with Gasteiger partial charge in [-0.3, -0.25) is 15.3 Å². The number of hydrogen-bond donors (Lipinski definition) is 3. The fourth-order valence-electron chi connectivity index (χ4n) is 2.91. The lowest BCUT2D eigenvalue weighted by molar-refractivity contribution is 0.252. The number of benzene rings is 1. The molecule has 3 heterocycles. The van der Waals surface area contributed by atoms with Gasteiger partial charge in [0.05, 0.1) is 16.7 Å². The Labute approximate surface area is 155 Å². The summed E-state index contributed by atoms with van der Waals surface area (Å²) in [5.41, 5.74) is 5.22. The van der Waals surface area contributed by atoms with E-state index < -0.39 is 0 Å². The largest absolute Gasteiger partial charge is 0.338 e. The third kappa shape index (κ3) is 3.48. The highest BCUT2D eigenvalue weighted by molar-refractivity contribution is 5.97. The number of amides is 2. The van der Waals surface area contributed by atoms with Crippen LogP contribution in [0.15, 0.2) is 61.1 Å². The van der Waals surface area contributed by atoms with Crippen LogP contribution in [0, 0.1) is 0 Å². The van der Waals surface area contributed by atoms with E-state index in [9.17, 15) is 4.79 Å². The van der Waals surface area contributed by atoms with Crippen molar-refractivity contribution >= 4 is 23.0 Å². The van der Waals surface area contributed by atoms with Crippen molar-refractivity contribution in [3.63, 3.8) is 0 Å². The van der Waals surface area contributed by atoms with Crippen LogP contribution < -0.4 is 10.6 Å². The van der Waals surface area contributed by atoms with E-state index in [0.717, 1.165) is 33.4 Å². The molecule has 7 nitrogen and oxygen atoms in total. The quantitative estimate of drug-likeness (QED) is 0.517. The molecule has 7 heteroatoms. The van der Waals surface area contributed by atoms with Crippen molar-refractivity contribution in [2.75, 3.05) is 11.9 Å². The number of carbonyl (C=O) groups excluding carboxylic acids is 1. The lowest BCUT2D eigenvalue weighted by Gasteiger charge is -2.06. The number of imidazole rings is 1. The van der Waals surface area contributed by atoms with Crippen LogP contribution >= 0.6 is 0 Å². The molecule has 0 saturated carbocycles. The molecular formula is C20H18N6O. The average molecular weight is 358 g/mol.